The van der Waals surface area contributed by atoms with E-state index in [0.717, 1.165) is 47.9 Å². The molecule has 0 aliphatic carbocycles. The van der Waals surface area contributed by atoms with Crippen molar-refractivity contribution in [2.75, 3.05) is 33.3 Å². The average Bonchev–Trinajstić information content (AvgIpc) is 3.56. The van der Waals surface area contributed by atoms with E-state index in [1.54, 1.807) is 25.6 Å². The summed E-state index contributed by atoms with van der Waals surface area (Å²) >= 11 is 0. The van der Waals surface area contributed by atoms with E-state index in [1.807, 2.05) is 65.1 Å². The molecular weight excluding hydrogens is 606 g/mol. The number of aryl methyl sites for hydroxylation is 1. The fourth-order valence-electron chi connectivity index (χ4n) is 7.27. The molecule has 0 bridgehead atoms. The zero-order valence-corrected chi connectivity index (χ0v) is 27.4. The number of carbonyl (C=O) groups excluding carboxylic acids is 1. The number of fused-ring (bicyclic) bond motifs is 1. The van der Waals surface area contributed by atoms with Gasteiger partial charge in [-0.2, -0.15) is 0 Å². The van der Waals surface area contributed by atoms with Gasteiger partial charge < -0.3 is 19.3 Å². The molecule has 0 unspecified atom stereocenters. The quantitative estimate of drug-likeness (QED) is 0.269. The highest BCUT2D eigenvalue weighted by Crippen LogP contribution is 2.36. The van der Waals surface area contributed by atoms with Crippen molar-refractivity contribution >= 4 is 16.9 Å². The van der Waals surface area contributed by atoms with Gasteiger partial charge in [0, 0.05) is 62.3 Å². The number of aromatic nitrogens is 5. The summed E-state index contributed by atoms with van der Waals surface area (Å²) in [7, 11) is 1.62. The standard InChI is InChI=1S/C37H41N7O4/c1-26-33(39-17-16-38-26)23-41-18-12-30(32(22-41)27-6-4-3-5-7-27)35(45)42-20-14-37(47,15-21-42)24-43-25-40-34-31(36(43)46)13-19-44(34)28-8-10-29(48-2)11-9-28/h3-11,13,16-17,19,25,30,32,47H,12,14-15,18,20-24H2,1-2H3/t30-,32+/m1/s1. The van der Waals surface area contributed by atoms with Crippen LogP contribution in [0.5, 0.6) is 5.75 Å². The summed E-state index contributed by atoms with van der Waals surface area (Å²) in [5, 5.41) is 12.1. The summed E-state index contributed by atoms with van der Waals surface area (Å²) in [6, 6.07) is 19.6. The second kappa shape index (κ2) is 13.3. The molecule has 2 aliphatic rings. The predicted octanol–water partition coefficient (Wildman–Crippen LogP) is 3.95. The van der Waals surface area contributed by atoms with Gasteiger partial charge in [-0.3, -0.25) is 29.0 Å². The van der Waals surface area contributed by atoms with Crippen molar-refractivity contribution in [3.63, 3.8) is 0 Å². The lowest BCUT2D eigenvalue weighted by Crippen LogP contribution is -2.53. The molecule has 2 aromatic carbocycles. The molecule has 2 aliphatic heterocycles. The maximum atomic E-state index is 14.1. The summed E-state index contributed by atoms with van der Waals surface area (Å²) < 4.78 is 8.62. The largest absolute Gasteiger partial charge is 0.497 e. The number of likely N-dealkylation sites (tertiary alicyclic amines) is 2. The van der Waals surface area contributed by atoms with E-state index in [9.17, 15) is 14.7 Å². The zero-order chi connectivity index (χ0) is 33.3. The Morgan fingerprint density at radius 3 is 2.46 bits per heavy atom. The first-order chi connectivity index (χ1) is 23.3. The molecule has 248 valence electrons. The number of hydrogen-bond donors (Lipinski definition) is 1. The molecule has 2 atom stereocenters. The second-order valence-electron chi connectivity index (χ2n) is 13.1. The molecule has 2 fully saturated rings. The number of carbonyl (C=O) groups is 1. The maximum Gasteiger partial charge on any atom is 0.262 e. The van der Waals surface area contributed by atoms with Crippen LogP contribution in [-0.2, 0) is 17.9 Å². The van der Waals surface area contributed by atoms with Gasteiger partial charge in [-0.25, -0.2) is 4.98 Å². The van der Waals surface area contributed by atoms with Gasteiger partial charge in [-0.1, -0.05) is 30.3 Å². The third kappa shape index (κ3) is 6.35. The lowest BCUT2D eigenvalue weighted by molar-refractivity contribution is -0.142. The Hall–Kier alpha value is -4.87. The lowest BCUT2D eigenvalue weighted by Gasteiger charge is -2.43. The molecule has 2 saturated heterocycles. The fourth-order valence-corrected chi connectivity index (χ4v) is 7.27. The molecule has 11 nitrogen and oxygen atoms in total. The summed E-state index contributed by atoms with van der Waals surface area (Å²) in [6.45, 7) is 5.24. The first-order valence-electron chi connectivity index (χ1n) is 16.6. The van der Waals surface area contributed by atoms with E-state index in [2.05, 4.69) is 32.0 Å². The molecule has 0 saturated carbocycles. The van der Waals surface area contributed by atoms with Crippen LogP contribution in [0.2, 0.25) is 0 Å². The van der Waals surface area contributed by atoms with Gasteiger partial charge >= 0.3 is 0 Å². The minimum absolute atomic E-state index is 0.0480. The number of hydrogen-bond acceptors (Lipinski definition) is 8. The Morgan fingerprint density at radius 1 is 0.979 bits per heavy atom. The Morgan fingerprint density at radius 2 is 1.73 bits per heavy atom. The van der Waals surface area contributed by atoms with Crippen molar-refractivity contribution in [1.82, 2.24) is 33.9 Å². The van der Waals surface area contributed by atoms with Crippen molar-refractivity contribution in [3.8, 4) is 11.4 Å². The SMILES string of the molecule is COc1ccc(-n2ccc3c(=O)n(CC4(O)CCN(C(=O)[C@@H]5CCN(Cc6nccnc6C)C[C@H]5c5ccccc5)CC4)cnc32)cc1. The fraction of sp³-hybridized carbons (Fsp3) is 0.378. The summed E-state index contributed by atoms with van der Waals surface area (Å²) in [5.41, 5.74) is 3.16. The molecule has 7 rings (SSSR count). The number of aliphatic hydroxyl groups is 1. The number of rotatable bonds is 8. The van der Waals surface area contributed by atoms with Crippen LogP contribution in [0.25, 0.3) is 16.7 Å². The Bertz CT molecular complexity index is 1950. The molecule has 1 amide bonds. The average molecular weight is 648 g/mol. The molecule has 1 N–H and O–H groups in total. The molecule has 48 heavy (non-hydrogen) atoms. The Labute approximate surface area is 279 Å². The van der Waals surface area contributed by atoms with E-state index >= 15 is 0 Å². The molecule has 3 aromatic heterocycles. The first kappa shape index (κ1) is 31.7. The van der Waals surface area contributed by atoms with Crippen LogP contribution in [0, 0.1) is 12.8 Å². The normalized spacial score (nSPS) is 19.8. The van der Waals surface area contributed by atoms with Gasteiger partial charge in [0.2, 0.25) is 5.91 Å². The summed E-state index contributed by atoms with van der Waals surface area (Å²) in [5.74, 6) is 0.785. The third-order valence-corrected chi connectivity index (χ3v) is 10.1. The van der Waals surface area contributed by atoms with E-state index in [1.165, 1.54) is 10.9 Å². The molecule has 0 radical (unpaired) electrons. The highest BCUT2D eigenvalue weighted by Gasteiger charge is 2.41. The number of benzene rings is 2. The molecule has 5 heterocycles. The van der Waals surface area contributed by atoms with Crippen molar-refractivity contribution in [3.05, 3.63) is 113 Å². The van der Waals surface area contributed by atoms with Crippen molar-refractivity contribution in [2.45, 2.75) is 50.8 Å². The maximum absolute atomic E-state index is 14.1. The van der Waals surface area contributed by atoms with E-state index in [-0.39, 0.29) is 29.8 Å². The van der Waals surface area contributed by atoms with Crippen LogP contribution in [-0.4, -0.2) is 83.8 Å². The van der Waals surface area contributed by atoms with E-state index < -0.39 is 5.60 Å². The highest BCUT2D eigenvalue weighted by molar-refractivity contribution is 5.80. The van der Waals surface area contributed by atoms with Gasteiger partial charge in [0.25, 0.3) is 5.56 Å². The van der Waals surface area contributed by atoms with Crippen molar-refractivity contribution in [2.24, 2.45) is 5.92 Å². The third-order valence-electron chi connectivity index (χ3n) is 10.1. The Balaban J connectivity index is 1.02. The smallest absolute Gasteiger partial charge is 0.262 e. The Kier molecular flexibility index (Phi) is 8.81. The van der Waals surface area contributed by atoms with Crippen LogP contribution in [0.1, 0.15) is 42.1 Å². The molecule has 5 aromatic rings. The van der Waals surface area contributed by atoms with Crippen molar-refractivity contribution in [1.29, 1.82) is 0 Å². The van der Waals surface area contributed by atoms with Crippen LogP contribution in [0.3, 0.4) is 0 Å². The first-order valence-corrected chi connectivity index (χ1v) is 16.6. The zero-order valence-electron chi connectivity index (χ0n) is 27.4. The van der Waals surface area contributed by atoms with Gasteiger partial charge in [-0.05, 0) is 68.6 Å². The number of ether oxygens (including phenoxy) is 1. The van der Waals surface area contributed by atoms with Crippen LogP contribution in [0.4, 0.5) is 0 Å². The van der Waals surface area contributed by atoms with Crippen LogP contribution < -0.4 is 10.3 Å². The summed E-state index contributed by atoms with van der Waals surface area (Å²) in [4.78, 5) is 45.5. The van der Waals surface area contributed by atoms with Gasteiger partial charge in [0.1, 0.15) is 12.1 Å². The van der Waals surface area contributed by atoms with E-state index in [0.29, 0.717) is 43.5 Å². The minimum atomic E-state index is -1.12. The summed E-state index contributed by atoms with van der Waals surface area (Å²) in [6.07, 6.45) is 8.31. The number of methoxy groups -OCH3 is 1. The van der Waals surface area contributed by atoms with Crippen molar-refractivity contribution < 1.29 is 14.6 Å². The predicted molar refractivity (Wildman–Crippen MR) is 182 cm³/mol. The van der Waals surface area contributed by atoms with Gasteiger partial charge in [0.05, 0.1) is 36.0 Å². The molecule has 0 spiro atoms. The van der Waals surface area contributed by atoms with Crippen LogP contribution >= 0.6 is 0 Å². The number of piperidine rings is 2. The second-order valence-corrected chi connectivity index (χ2v) is 13.1. The molecule has 11 heteroatoms. The topological polar surface area (TPSA) is 119 Å². The monoisotopic (exact) mass is 647 g/mol. The molecular formula is C37H41N7O4. The van der Waals surface area contributed by atoms with E-state index in [4.69, 9.17) is 4.74 Å². The number of amides is 1. The number of nitrogens with zero attached hydrogens (tertiary/aromatic N) is 7. The van der Waals surface area contributed by atoms with Gasteiger partial charge in [0.15, 0.2) is 5.65 Å². The highest BCUT2D eigenvalue weighted by atomic mass is 16.5. The lowest BCUT2D eigenvalue weighted by atomic mass is 9.79. The minimum Gasteiger partial charge on any atom is -0.497 e. The van der Waals surface area contributed by atoms with Crippen LogP contribution in [0.15, 0.2) is 90.4 Å². The van der Waals surface area contributed by atoms with Gasteiger partial charge in [-0.15, -0.1) is 0 Å².